The summed E-state index contributed by atoms with van der Waals surface area (Å²) >= 11 is 0. The van der Waals surface area contributed by atoms with Gasteiger partial charge < -0.3 is 19.9 Å². The molecule has 0 radical (unpaired) electrons. The van der Waals surface area contributed by atoms with Crippen LogP contribution >= 0.6 is 0 Å². The maximum absolute atomic E-state index is 9.24. The van der Waals surface area contributed by atoms with E-state index in [1.54, 1.807) is 6.92 Å². The number of rotatable bonds is 5. The molecule has 2 unspecified atom stereocenters. The number of aliphatic hydroxyl groups is 1. The molecular weight excluding hydrogens is 254 g/mol. The van der Waals surface area contributed by atoms with Gasteiger partial charge in [-0.3, -0.25) is 0 Å². The lowest BCUT2D eigenvalue weighted by atomic mass is 9.90. The first kappa shape index (κ1) is 15.1. The second-order valence-electron chi connectivity index (χ2n) is 6.09. The summed E-state index contributed by atoms with van der Waals surface area (Å²) in [7, 11) is 1.98. The summed E-state index contributed by atoms with van der Waals surface area (Å²) < 4.78 is 11.7. The highest BCUT2D eigenvalue weighted by molar-refractivity contribution is 5.44. The van der Waals surface area contributed by atoms with Crippen molar-refractivity contribution < 1.29 is 14.6 Å². The molecule has 0 spiro atoms. The number of benzene rings is 1. The summed E-state index contributed by atoms with van der Waals surface area (Å²) in [5, 5.41) is 12.6. The molecule has 1 heterocycles. The van der Waals surface area contributed by atoms with Gasteiger partial charge in [-0.25, -0.2) is 0 Å². The normalized spacial score (nSPS) is 21.8. The molecule has 2 rings (SSSR count). The maximum Gasteiger partial charge on any atom is 0.128 e. The van der Waals surface area contributed by atoms with Crippen LogP contribution < -0.4 is 14.8 Å². The molecule has 4 nitrogen and oxygen atoms in total. The van der Waals surface area contributed by atoms with Crippen molar-refractivity contribution in [2.75, 3.05) is 13.7 Å². The van der Waals surface area contributed by atoms with Crippen LogP contribution in [-0.2, 0) is 0 Å². The Bertz CT molecular complexity index is 457. The van der Waals surface area contributed by atoms with E-state index in [-0.39, 0.29) is 11.7 Å². The Morgan fingerprint density at radius 3 is 2.90 bits per heavy atom. The minimum atomic E-state index is -0.337. The molecule has 4 heteroatoms. The molecule has 1 aromatic rings. The molecule has 0 saturated carbocycles. The predicted molar refractivity (Wildman–Crippen MR) is 79.4 cm³/mol. The van der Waals surface area contributed by atoms with Crippen molar-refractivity contribution in [2.45, 2.75) is 51.4 Å². The number of aliphatic hydroxyl groups excluding tert-OH is 1. The van der Waals surface area contributed by atoms with E-state index < -0.39 is 0 Å². The number of ether oxygens (including phenoxy) is 2. The van der Waals surface area contributed by atoms with Gasteiger partial charge in [0.15, 0.2) is 0 Å². The first-order valence-electron chi connectivity index (χ1n) is 7.22. The van der Waals surface area contributed by atoms with Gasteiger partial charge in [-0.1, -0.05) is 6.07 Å². The van der Waals surface area contributed by atoms with E-state index in [0.29, 0.717) is 19.1 Å². The summed E-state index contributed by atoms with van der Waals surface area (Å²) in [6.07, 6.45) is 1.23. The van der Waals surface area contributed by atoms with Gasteiger partial charge >= 0.3 is 0 Å². The highest BCUT2D eigenvalue weighted by Gasteiger charge is 2.33. The summed E-state index contributed by atoms with van der Waals surface area (Å²) in [4.78, 5) is 0. The van der Waals surface area contributed by atoms with E-state index in [2.05, 4.69) is 25.2 Å². The largest absolute Gasteiger partial charge is 0.493 e. The molecule has 0 aromatic heterocycles. The molecule has 0 saturated heterocycles. The van der Waals surface area contributed by atoms with Crippen molar-refractivity contribution in [3.8, 4) is 11.5 Å². The van der Waals surface area contributed by atoms with Gasteiger partial charge in [-0.2, -0.15) is 0 Å². The summed E-state index contributed by atoms with van der Waals surface area (Å²) in [5.74, 6) is 1.67. The van der Waals surface area contributed by atoms with E-state index in [0.717, 1.165) is 17.9 Å². The van der Waals surface area contributed by atoms with E-state index in [4.69, 9.17) is 9.47 Å². The second-order valence-corrected chi connectivity index (χ2v) is 6.09. The van der Waals surface area contributed by atoms with Crippen molar-refractivity contribution in [1.29, 1.82) is 0 Å². The van der Waals surface area contributed by atoms with E-state index in [1.165, 1.54) is 5.56 Å². The van der Waals surface area contributed by atoms with Crippen molar-refractivity contribution in [3.05, 3.63) is 23.8 Å². The Morgan fingerprint density at radius 2 is 2.25 bits per heavy atom. The fourth-order valence-electron chi connectivity index (χ4n) is 2.53. The lowest BCUT2D eigenvalue weighted by molar-refractivity contribution is 0.0670. The van der Waals surface area contributed by atoms with Crippen molar-refractivity contribution in [3.63, 3.8) is 0 Å². The van der Waals surface area contributed by atoms with Gasteiger partial charge in [0.05, 0.1) is 12.7 Å². The van der Waals surface area contributed by atoms with Crippen LogP contribution in [0.5, 0.6) is 11.5 Å². The smallest absolute Gasteiger partial charge is 0.128 e. The second kappa shape index (κ2) is 6.02. The molecule has 0 amide bonds. The average molecular weight is 279 g/mol. The summed E-state index contributed by atoms with van der Waals surface area (Å²) in [6, 6.07) is 6.28. The SMILES string of the molecule is CNC1CC(C)(C)Oc2cc(OCCC(C)O)ccc21. The average Bonchev–Trinajstić information content (AvgIpc) is 2.35. The lowest BCUT2D eigenvalue weighted by Crippen LogP contribution is -2.38. The Labute approximate surface area is 121 Å². The number of fused-ring (bicyclic) bond motifs is 1. The molecular formula is C16H25NO3. The van der Waals surface area contributed by atoms with Crippen LogP contribution in [0.3, 0.4) is 0 Å². The van der Waals surface area contributed by atoms with Crippen LogP contribution in [-0.4, -0.2) is 30.5 Å². The Morgan fingerprint density at radius 1 is 1.50 bits per heavy atom. The molecule has 1 aromatic carbocycles. The molecule has 0 fully saturated rings. The molecule has 1 aliphatic heterocycles. The third-order valence-electron chi connectivity index (χ3n) is 3.60. The van der Waals surface area contributed by atoms with Crippen LogP contribution in [0.4, 0.5) is 0 Å². The zero-order valence-corrected chi connectivity index (χ0v) is 12.8. The highest BCUT2D eigenvalue weighted by Crippen LogP contribution is 2.40. The van der Waals surface area contributed by atoms with Crippen LogP contribution in [0.25, 0.3) is 0 Å². The highest BCUT2D eigenvalue weighted by atomic mass is 16.5. The number of nitrogens with one attached hydrogen (secondary N) is 1. The lowest BCUT2D eigenvalue weighted by Gasteiger charge is -2.37. The minimum Gasteiger partial charge on any atom is -0.493 e. The fraction of sp³-hybridized carbons (Fsp3) is 0.625. The molecule has 2 atom stereocenters. The third kappa shape index (κ3) is 3.64. The van der Waals surface area contributed by atoms with Crippen LogP contribution in [0, 0.1) is 0 Å². The van der Waals surface area contributed by atoms with E-state index in [1.807, 2.05) is 19.2 Å². The molecule has 0 aliphatic carbocycles. The zero-order chi connectivity index (χ0) is 14.8. The standard InChI is InChI=1S/C16H25NO3/c1-11(18)7-8-19-12-5-6-13-14(17-4)10-16(2,3)20-15(13)9-12/h5-6,9,11,14,17-18H,7-8,10H2,1-4H3. The minimum absolute atomic E-state index is 0.182. The topological polar surface area (TPSA) is 50.7 Å². The van der Waals surface area contributed by atoms with Crippen LogP contribution in [0.15, 0.2) is 18.2 Å². The van der Waals surface area contributed by atoms with Gasteiger partial charge in [0, 0.05) is 30.5 Å². The predicted octanol–water partition coefficient (Wildman–Crippen LogP) is 2.66. The Hall–Kier alpha value is -1.26. The van der Waals surface area contributed by atoms with Gasteiger partial charge in [-0.05, 0) is 33.9 Å². The summed E-state index contributed by atoms with van der Waals surface area (Å²) in [6.45, 7) is 6.47. The number of hydrogen-bond acceptors (Lipinski definition) is 4. The van der Waals surface area contributed by atoms with Crippen molar-refractivity contribution in [2.24, 2.45) is 0 Å². The molecule has 1 aliphatic rings. The zero-order valence-electron chi connectivity index (χ0n) is 12.8. The molecule has 112 valence electrons. The molecule has 2 N–H and O–H groups in total. The summed E-state index contributed by atoms with van der Waals surface area (Å²) in [5.41, 5.74) is 0.994. The van der Waals surface area contributed by atoms with Gasteiger partial charge in [0.2, 0.25) is 0 Å². The Balaban J connectivity index is 2.13. The number of hydrogen-bond donors (Lipinski definition) is 2. The van der Waals surface area contributed by atoms with Crippen LogP contribution in [0.1, 0.15) is 45.2 Å². The quantitative estimate of drug-likeness (QED) is 0.870. The van der Waals surface area contributed by atoms with E-state index >= 15 is 0 Å². The van der Waals surface area contributed by atoms with Crippen molar-refractivity contribution >= 4 is 0 Å². The van der Waals surface area contributed by atoms with Gasteiger partial charge in [0.1, 0.15) is 17.1 Å². The van der Waals surface area contributed by atoms with Gasteiger partial charge in [0.25, 0.3) is 0 Å². The van der Waals surface area contributed by atoms with E-state index in [9.17, 15) is 5.11 Å². The first-order chi connectivity index (χ1) is 9.41. The van der Waals surface area contributed by atoms with Crippen molar-refractivity contribution in [1.82, 2.24) is 5.32 Å². The van der Waals surface area contributed by atoms with Gasteiger partial charge in [-0.15, -0.1) is 0 Å². The van der Waals surface area contributed by atoms with Crippen LogP contribution in [0.2, 0.25) is 0 Å². The first-order valence-corrected chi connectivity index (χ1v) is 7.22. The fourth-order valence-corrected chi connectivity index (χ4v) is 2.53. The molecule has 0 bridgehead atoms. The monoisotopic (exact) mass is 279 g/mol. The third-order valence-corrected chi connectivity index (χ3v) is 3.60. The Kier molecular flexibility index (Phi) is 4.55. The molecule has 20 heavy (non-hydrogen) atoms. The maximum atomic E-state index is 9.24.